The number of halogens is 3. The third-order valence-electron chi connectivity index (χ3n) is 8.23. The van der Waals surface area contributed by atoms with Gasteiger partial charge in [0.2, 0.25) is 0 Å². The van der Waals surface area contributed by atoms with Crippen molar-refractivity contribution in [1.82, 2.24) is 10.2 Å². The van der Waals surface area contributed by atoms with Gasteiger partial charge in [-0.25, -0.2) is 0 Å². The fourth-order valence-electron chi connectivity index (χ4n) is 5.94. The molecular formula is C32H35F3N2O3. The first kappa shape index (κ1) is 28.0. The van der Waals surface area contributed by atoms with E-state index >= 15 is 0 Å². The van der Waals surface area contributed by atoms with Crippen molar-refractivity contribution in [2.75, 3.05) is 19.6 Å². The Balaban J connectivity index is 1.23. The highest BCUT2D eigenvalue weighted by Crippen LogP contribution is 2.50. The topological polar surface area (TPSA) is 50.8 Å². The van der Waals surface area contributed by atoms with Crippen LogP contribution in [0.4, 0.5) is 13.2 Å². The molecule has 1 atom stereocenters. The lowest BCUT2D eigenvalue weighted by molar-refractivity contribution is -0.150. The van der Waals surface area contributed by atoms with Crippen LogP contribution in [0, 0.1) is 19.8 Å². The largest absolute Gasteiger partial charge is 0.444 e. The number of carbonyl (C=O) groups is 1. The number of benzene rings is 3. The fraction of sp³-hybridized carbons (Fsp3) is 0.406. The van der Waals surface area contributed by atoms with E-state index in [1.165, 1.54) is 12.1 Å². The summed E-state index contributed by atoms with van der Waals surface area (Å²) in [5, 5.41) is 3.07. The zero-order chi connectivity index (χ0) is 28.5. The van der Waals surface area contributed by atoms with Gasteiger partial charge >= 0.3 is 6.18 Å². The number of para-hydroxylation sites is 2. The molecule has 8 heteroatoms. The first-order chi connectivity index (χ1) is 19.1. The van der Waals surface area contributed by atoms with Gasteiger partial charge in [0.15, 0.2) is 11.5 Å². The molecule has 2 aliphatic rings. The second kappa shape index (κ2) is 11.2. The van der Waals surface area contributed by atoms with Crippen molar-refractivity contribution in [3.63, 3.8) is 0 Å². The number of rotatable bonds is 7. The molecule has 0 bridgehead atoms. The van der Waals surface area contributed by atoms with Crippen LogP contribution in [0.3, 0.4) is 0 Å². The summed E-state index contributed by atoms with van der Waals surface area (Å²) in [5.74, 6) is -0.0859. The van der Waals surface area contributed by atoms with Gasteiger partial charge in [-0.1, -0.05) is 42.5 Å². The molecule has 3 aromatic rings. The molecule has 2 heterocycles. The molecule has 40 heavy (non-hydrogen) atoms. The zero-order valence-corrected chi connectivity index (χ0v) is 23.1. The van der Waals surface area contributed by atoms with Crippen molar-refractivity contribution in [3.8, 4) is 11.5 Å². The minimum Gasteiger partial charge on any atom is -0.444 e. The number of amides is 1. The second-order valence-corrected chi connectivity index (χ2v) is 10.9. The van der Waals surface area contributed by atoms with Gasteiger partial charge in [0, 0.05) is 29.6 Å². The van der Waals surface area contributed by atoms with E-state index < -0.39 is 17.5 Å². The van der Waals surface area contributed by atoms with Crippen molar-refractivity contribution in [3.05, 3.63) is 94.5 Å². The predicted molar refractivity (Wildman–Crippen MR) is 147 cm³/mol. The van der Waals surface area contributed by atoms with Crippen LogP contribution in [0.2, 0.25) is 0 Å². The Hall–Kier alpha value is -3.52. The number of ether oxygens (including phenoxy) is 2. The highest BCUT2D eigenvalue weighted by Gasteiger charge is 2.51. The molecule has 2 aliphatic heterocycles. The molecule has 0 aromatic heterocycles. The number of hydrogen-bond acceptors (Lipinski definition) is 4. The molecule has 1 fully saturated rings. The van der Waals surface area contributed by atoms with E-state index in [0.29, 0.717) is 23.6 Å². The number of nitrogens with one attached hydrogen (secondary N) is 1. The SMILES string of the molecule is Cc1cccc(C)c1C(=O)NCCC(C)N1CCC(C2(c3ccc(C(F)(F)F)cc3)Oc3ccccc3O2)CC1. The Labute approximate surface area is 233 Å². The summed E-state index contributed by atoms with van der Waals surface area (Å²) < 4.78 is 52.6. The highest BCUT2D eigenvalue weighted by molar-refractivity contribution is 5.97. The molecule has 0 spiro atoms. The predicted octanol–water partition coefficient (Wildman–Crippen LogP) is 6.87. The lowest BCUT2D eigenvalue weighted by Gasteiger charge is -2.42. The van der Waals surface area contributed by atoms with Gasteiger partial charge in [0.05, 0.1) is 5.56 Å². The molecule has 1 amide bonds. The quantitative estimate of drug-likeness (QED) is 0.348. The lowest BCUT2D eigenvalue weighted by Crippen LogP contribution is -2.50. The van der Waals surface area contributed by atoms with Gasteiger partial charge < -0.3 is 19.7 Å². The average molecular weight is 553 g/mol. The van der Waals surface area contributed by atoms with E-state index in [1.807, 2.05) is 56.3 Å². The first-order valence-corrected chi connectivity index (χ1v) is 13.8. The maximum absolute atomic E-state index is 13.2. The standard InChI is InChI=1S/C32H35F3N2O3/c1-21-7-6-8-22(2)29(21)30(38)36-18-15-23(3)37-19-16-25(17-20-37)31(39-27-9-4-5-10-28(27)40-31)24-11-13-26(14-12-24)32(33,34)35/h4-14,23,25H,15-20H2,1-3H3,(H,36,38). The van der Waals surface area contributed by atoms with Crippen LogP contribution in [0.15, 0.2) is 66.7 Å². The van der Waals surface area contributed by atoms with E-state index in [-0.39, 0.29) is 17.9 Å². The number of piperidine rings is 1. The van der Waals surface area contributed by atoms with E-state index in [1.54, 1.807) is 0 Å². The normalized spacial score (nSPS) is 17.9. The molecule has 5 nitrogen and oxygen atoms in total. The van der Waals surface area contributed by atoms with Crippen molar-refractivity contribution >= 4 is 5.91 Å². The Kier molecular flexibility index (Phi) is 7.82. The summed E-state index contributed by atoms with van der Waals surface area (Å²) in [6.45, 7) is 8.22. The average Bonchev–Trinajstić information content (AvgIpc) is 3.33. The number of likely N-dealkylation sites (tertiary alicyclic amines) is 1. The van der Waals surface area contributed by atoms with E-state index in [4.69, 9.17) is 9.47 Å². The van der Waals surface area contributed by atoms with Crippen LogP contribution in [0.5, 0.6) is 11.5 Å². The molecule has 0 radical (unpaired) electrons. The molecule has 1 unspecified atom stereocenters. The lowest BCUT2D eigenvalue weighted by atomic mass is 9.83. The number of alkyl halides is 3. The van der Waals surface area contributed by atoms with Crippen molar-refractivity contribution in [2.45, 2.75) is 58.0 Å². The monoisotopic (exact) mass is 552 g/mol. The smallest absolute Gasteiger partial charge is 0.416 e. The Bertz CT molecular complexity index is 1300. The summed E-state index contributed by atoms with van der Waals surface area (Å²) in [6.07, 6.45) is -2.09. The molecular weight excluding hydrogens is 517 g/mol. The third kappa shape index (κ3) is 5.55. The molecule has 5 rings (SSSR count). The van der Waals surface area contributed by atoms with Crippen molar-refractivity contribution in [1.29, 1.82) is 0 Å². The summed E-state index contributed by atoms with van der Waals surface area (Å²) in [6, 6.07) is 18.6. The van der Waals surface area contributed by atoms with Gasteiger partial charge in [0.25, 0.3) is 11.7 Å². The van der Waals surface area contributed by atoms with Crippen LogP contribution in [0.25, 0.3) is 0 Å². The van der Waals surface area contributed by atoms with Gasteiger partial charge in [-0.05, 0) is 88.5 Å². The van der Waals surface area contributed by atoms with Crippen LogP contribution in [-0.2, 0) is 12.0 Å². The highest BCUT2D eigenvalue weighted by atomic mass is 19.4. The molecule has 0 aliphatic carbocycles. The van der Waals surface area contributed by atoms with E-state index in [9.17, 15) is 18.0 Å². The van der Waals surface area contributed by atoms with Crippen LogP contribution >= 0.6 is 0 Å². The third-order valence-corrected chi connectivity index (χ3v) is 8.23. The minimum absolute atomic E-state index is 0.0462. The Morgan fingerprint density at radius 2 is 1.52 bits per heavy atom. The van der Waals surface area contributed by atoms with Gasteiger partial charge in [-0.15, -0.1) is 0 Å². The maximum Gasteiger partial charge on any atom is 0.416 e. The molecule has 0 saturated carbocycles. The number of aryl methyl sites for hydroxylation is 2. The zero-order valence-electron chi connectivity index (χ0n) is 23.1. The van der Waals surface area contributed by atoms with Crippen LogP contribution in [-0.4, -0.2) is 36.5 Å². The van der Waals surface area contributed by atoms with Gasteiger partial charge in [0.1, 0.15) is 0 Å². The molecule has 1 N–H and O–H groups in total. The number of fused-ring (bicyclic) bond motifs is 1. The fourth-order valence-corrected chi connectivity index (χ4v) is 5.94. The summed E-state index contributed by atoms with van der Waals surface area (Å²) in [7, 11) is 0. The summed E-state index contributed by atoms with van der Waals surface area (Å²) in [5.41, 5.74) is 2.55. The van der Waals surface area contributed by atoms with Crippen molar-refractivity contribution < 1.29 is 27.4 Å². The van der Waals surface area contributed by atoms with Gasteiger partial charge in [-0.3, -0.25) is 4.79 Å². The molecule has 3 aromatic carbocycles. The van der Waals surface area contributed by atoms with E-state index in [2.05, 4.69) is 17.1 Å². The van der Waals surface area contributed by atoms with Crippen molar-refractivity contribution in [2.24, 2.45) is 5.92 Å². The number of nitrogens with zero attached hydrogens (tertiary/aromatic N) is 1. The Morgan fingerprint density at radius 3 is 2.08 bits per heavy atom. The van der Waals surface area contributed by atoms with E-state index in [0.717, 1.165) is 61.2 Å². The summed E-state index contributed by atoms with van der Waals surface area (Å²) >= 11 is 0. The van der Waals surface area contributed by atoms with Gasteiger partial charge in [-0.2, -0.15) is 13.2 Å². The number of hydrogen-bond donors (Lipinski definition) is 1. The maximum atomic E-state index is 13.2. The minimum atomic E-state index is -4.41. The summed E-state index contributed by atoms with van der Waals surface area (Å²) in [4.78, 5) is 15.2. The van der Waals surface area contributed by atoms with Crippen LogP contribution < -0.4 is 14.8 Å². The van der Waals surface area contributed by atoms with Crippen LogP contribution in [0.1, 0.15) is 58.8 Å². The number of carbonyl (C=O) groups excluding carboxylic acids is 1. The first-order valence-electron chi connectivity index (χ1n) is 13.8. The molecule has 1 saturated heterocycles. The second-order valence-electron chi connectivity index (χ2n) is 10.9. The Morgan fingerprint density at radius 1 is 0.950 bits per heavy atom. The molecule has 212 valence electrons.